The SMILES string of the molecule is CCC(C)(CNC(=O)CSCC#N)C(=O)O. The lowest BCUT2D eigenvalue weighted by Crippen LogP contribution is -2.41. The minimum Gasteiger partial charge on any atom is -0.481 e. The molecule has 0 aromatic rings. The fourth-order valence-corrected chi connectivity index (χ4v) is 1.37. The Hall–Kier alpha value is -1.22. The molecule has 0 radical (unpaired) electrons. The van der Waals surface area contributed by atoms with Gasteiger partial charge in [-0.2, -0.15) is 5.26 Å². The predicted octanol–water partition coefficient (Wildman–Crippen LogP) is 0.860. The van der Waals surface area contributed by atoms with E-state index in [2.05, 4.69) is 5.32 Å². The average Bonchev–Trinajstić information content (AvgIpc) is 2.26. The summed E-state index contributed by atoms with van der Waals surface area (Å²) in [4.78, 5) is 22.2. The van der Waals surface area contributed by atoms with Crippen molar-refractivity contribution in [3.63, 3.8) is 0 Å². The summed E-state index contributed by atoms with van der Waals surface area (Å²) in [5.74, 6) is -0.703. The van der Waals surface area contributed by atoms with Crippen LogP contribution in [-0.4, -0.2) is 35.0 Å². The molecule has 16 heavy (non-hydrogen) atoms. The first kappa shape index (κ1) is 14.8. The van der Waals surface area contributed by atoms with Gasteiger partial charge < -0.3 is 10.4 Å². The molecular weight excluding hydrogens is 228 g/mol. The van der Waals surface area contributed by atoms with Crippen molar-refractivity contribution in [1.82, 2.24) is 5.32 Å². The van der Waals surface area contributed by atoms with Gasteiger partial charge in [0, 0.05) is 6.54 Å². The summed E-state index contributed by atoms with van der Waals surface area (Å²) in [6.45, 7) is 3.48. The summed E-state index contributed by atoms with van der Waals surface area (Å²) in [6.07, 6.45) is 0.452. The monoisotopic (exact) mass is 244 g/mol. The normalized spacial score (nSPS) is 13.6. The first-order valence-electron chi connectivity index (χ1n) is 4.91. The smallest absolute Gasteiger partial charge is 0.311 e. The standard InChI is InChI=1S/C10H16N2O3S/c1-3-10(2,9(14)15)7-12-8(13)6-16-5-4-11/h3,5-7H2,1-2H3,(H,12,13)(H,14,15). The highest BCUT2D eigenvalue weighted by atomic mass is 32.2. The molecule has 0 rings (SSSR count). The maximum absolute atomic E-state index is 11.3. The lowest BCUT2D eigenvalue weighted by molar-refractivity contribution is -0.148. The summed E-state index contributed by atoms with van der Waals surface area (Å²) in [5.41, 5.74) is -0.921. The maximum atomic E-state index is 11.3. The van der Waals surface area contributed by atoms with Crippen LogP contribution in [0.4, 0.5) is 0 Å². The minimum absolute atomic E-state index is 0.116. The number of carbonyl (C=O) groups is 2. The Kier molecular flexibility index (Phi) is 6.58. The van der Waals surface area contributed by atoms with E-state index in [1.807, 2.05) is 6.07 Å². The van der Waals surface area contributed by atoms with Crippen LogP contribution in [0, 0.1) is 16.7 Å². The van der Waals surface area contributed by atoms with Crippen molar-refractivity contribution < 1.29 is 14.7 Å². The molecule has 0 aromatic heterocycles. The molecular formula is C10H16N2O3S. The number of rotatable bonds is 7. The summed E-state index contributed by atoms with van der Waals surface area (Å²) in [7, 11) is 0. The summed E-state index contributed by atoms with van der Waals surface area (Å²) in [6, 6.07) is 1.91. The van der Waals surface area contributed by atoms with Gasteiger partial charge in [-0.3, -0.25) is 9.59 Å². The highest BCUT2D eigenvalue weighted by Gasteiger charge is 2.31. The molecule has 0 saturated heterocycles. The third-order valence-corrected chi connectivity index (χ3v) is 3.17. The second kappa shape index (κ2) is 7.12. The molecule has 0 saturated carbocycles. The molecule has 1 atom stereocenters. The summed E-state index contributed by atoms with van der Waals surface area (Å²) in [5, 5.41) is 19.8. The highest BCUT2D eigenvalue weighted by Crippen LogP contribution is 2.19. The molecule has 0 heterocycles. The number of nitrogens with zero attached hydrogens (tertiary/aromatic N) is 1. The fraction of sp³-hybridized carbons (Fsp3) is 0.700. The van der Waals surface area contributed by atoms with Crippen LogP contribution >= 0.6 is 11.8 Å². The van der Waals surface area contributed by atoms with Crippen LogP contribution in [0.15, 0.2) is 0 Å². The van der Waals surface area contributed by atoms with Gasteiger partial charge >= 0.3 is 5.97 Å². The number of carboxylic acids is 1. The number of thioether (sulfide) groups is 1. The molecule has 90 valence electrons. The van der Waals surface area contributed by atoms with Gasteiger partial charge in [0.25, 0.3) is 0 Å². The van der Waals surface area contributed by atoms with E-state index in [9.17, 15) is 9.59 Å². The topological polar surface area (TPSA) is 90.2 Å². The Morgan fingerprint density at radius 3 is 2.62 bits per heavy atom. The Labute approximate surface area is 99.2 Å². The number of hydrogen-bond donors (Lipinski definition) is 2. The molecule has 0 spiro atoms. The van der Waals surface area contributed by atoms with Gasteiger partial charge in [0.05, 0.1) is 23.0 Å². The van der Waals surface area contributed by atoms with E-state index in [1.165, 1.54) is 11.8 Å². The molecule has 1 amide bonds. The molecule has 0 aliphatic heterocycles. The summed E-state index contributed by atoms with van der Waals surface area (Å²) < 4.78 is 0. The van der Waals surface area contributed by atoms with E-state index in [0.29, 0.717) is 6.42 Å². The van der Waals surface area contributed by atoms with Gasteiger partial charge in [0.15, 0.2) is 0 Å². The first-order valence-corrected chi connectivity index (χ1v) is 6.06. The number of amides is 1. The zero-order valence-corrected chi connectivity index (χ0v) is 10.3. The van der Waals surface area contributed by atoms with Crippen molar-refractivity contribution in [3.05, 3.63) is 0 Å². The number of hydrogen-bond acceptors (Lipinski definition) is 4. The second-order valence-electron chi connectivity index (χ2n) is 3.65. The third-order valence-electron chi connectivity index (χ3n) is 2.37. The van der Waals surface area contributed by atoms with E-state index in [1.54, 1.807) is 13.8 Å². The summed E-state index contributed by atoms with van der Waals surface area (Å²) >= 11 is 1.21. The van der Waals surface area contributed by atoms with Gasteiger partial charge in [-0.05, 0) is 13.3 Å². The Bertz CT molecular complexity index is 301. The predicted molar refractivity (Wildman–Crippen MR) is 62.0 cm³/mol. The maximum Gasteiger partial charge on any atom is 0.311 e. The van der Waals surface area contributed by atoms with Gasteiger partial charge in [-0.15, -0.1) is 11.8 Å². The van der Waals surface area contributed by atoms with E-state index < -0.39 is 11.4 Å². The van der Waals surface area contributed by atoms with Gasteiger partial charge in [-0.1, -0.05) is 6.92 Å². The lowest BCUT2D eigenvalue weighted by Gasteiger charge is -2.23. The van der Waals surface area contributed by atoms with Crippen LogP contribution in [0.1, 0.15) is 20.3 Å². The fourth-order valence-electron chi connectivity index (χ4n) is 0.886. The number of carboxylic acid groups (broad SMARTS) is 1. The quantitative estimate of drug-likeness (QED) is 0.648. The molecule has 0 bridgehead atoms. The van der Waals surface area contributed by atoms with Crippen LogP contribution < -0.4 is 5.32 Å². The van der Waals surface area contributed by atoms with Gasteiger partial charge in [-0.25, -0.2) is 0 Å². The largest absolute Gasteiger partial charge is 0.481 e. The van der Waals surface area contributed by atoms with E-state index in [4.69, 9.17) is 10.4 Å². The Morgan fingerprint density at radius 1 is 1.56 bits per heavy atom. The van der Waals surface area contributed by atoms with Crippen molar-refractivity contribution in [1.29, 1.82) is 5.26 Å². The molecule has 0 aromatic carbocycles. The molecule has 0 fully saturated rings. The number of nitriles is 1. The molecule has 1 unspecified atom stereocenters. The zero-order chi connectivity index (χ0) is 12.6. The Balaban J connectivity index is 3.99. The van der Waals surface area contributed by atoms with E-state index in [-0.39, 0.29) is 24.0 Å². The molecule has 0 aliphatic rings. The van der Waals surface area contributed by atoms with E-state index in [0.717, 1.165) is 0 Å². The van der Waals surface area contributed by atoms with Crippen LogP contribution in [-0.2, 0) is 9.59 Å². The lowest BCUT2D eigenvalue weighted by atomic mass is 9.88. The first-order chi connectivity index (χ1) is 7.46. The average molecular weight is 244 g/mol. The van der Waals surface area contributed by atoms with E-state index >= 15 is 0 Å². The molecule has 0 aliphatic carbocycles. The number of carbonyl (C=O) groups excluding carboxylic acids is 1. The van der Waals surface area contributed by atoms with Crippen molar-refractivity contribution in [2.75, 3.05) is 18.1 Å². The van der Waals surface area contributed by atoms with Crippen molar-refractivity contribution in [3.8, 4) is 6.07 Å². The molecule has 5 nitrogen and oxygen atoms in total. The van der Waals surface area contributed by atoms with Gasteiger partial charge in [0.1, 0.15) is 0 Å². The van der Waals surface area contributed by atoms with Crippen LogP contribution in [0.3, 0.4) is 0 Å². The Morgan fingerprint density at radius 2 is 2.19 bits per heavy atom. The van der Waals surface area contributed by atoms with Crippen molar-refractivity contribution >= 4 is 23.6 Å². The number of nitrogens with one attached hydrogen (secondary N) is 1. The van der Waals surface area contributed by atoms with Crippen molar-refractivity contribution in [2.24, 2.45) is 5.41 Å². The number of aliphatic carboxylic acids is 1. The van der Waals surface area contributed by atoms with Crippen molar-refractivity contribution in [2.45, 2.75) is 20.3 Å². The van der Waals surface area contributed by atoms with Gasteiger partial charge in [0.2, 0.25) is 5.91 Å². The highest BCUT2D eigenvalue weighted by molar-refractivity contribution is 8.00. The second-order valence-corrected chi connectivity index (χ2v) is 4.63. The van der Waals surface area contributed by atoms with Crippen LogP contribution in [0.5, 0.6) is 0 Å². The van der Waals surface area contributed by atoms with Crippen LogP contribution in [0.25, 0.3) is 0 Å². The van der Waals surface area contributed by atoms with Crippen LogP contribution in [0.2, 0.25) is 0 Å². The molecule has 6 heteroatoms. The molecule has 2 N–H and O–H groups in total. The minimum atomic E-state index is -0.921. The third kappa shape index (κ3) is 5.03. The zero-order valence-electron chi connectivity index (χ0n) is 9.45.